The van der Waals surface area contributed by atoms with Crippen molar-refractivity contribution in [2.24, 2.45) is 0 Å². The summed E-state index contributed by atoms with van der Waals surface area (Å²) in [6, 6.07) is 2.61. The van der Waals surface area contributed by atoms with Gasteiger partial charge in [0.25, 0.3) is 0 Å². The molecule has 1 unspecified atom stereocenters. The third kappa shape index (κ3) is 4.46. The highest BCUT2D eigenvalue weighted by Crippen LogP contribution is 2.33. The lowest BCUT2D eigenvalue weighted by atomic mass is 10.1. The summed E-state index contributed by atoms with van der Waals surface area (Å²) in [5.41, 5.74) is 3.37. The number of rotatable bonds is 2. The van der Waals surface area contributed by atoms with Crippen LogP contribution in [0.3, 0.4) is 0 Å². The Kier molecular flexibility index (Phi) is 8.23. The van der Waals surface area contributed by atoms with E-state index in [9.17, 15) is 0 Å². The van der Waals surface area contributed by atoms with Crippen molar-refractivity contribution in [3.8, 4) is 0 Å². The summed E-state index contributed by atoms with van der Waals surface area (Å²) in [7, 11) is 3.14. The Labute approximate surface area is 152 Å². The number of anilines is 1. The molecule has 1 N–H and O–H groups in total. The van der Waals surface area contributed by atoms with Gasteiger partial charge in [-0.25, -0.2) is 9.97 Å². The number of aryl methyl sites for hydroxylation is 2. The molecule has 0 saturated carbocycles. The zero-order valence-electron chi connectivity index (χ0n) is 17.1. The topological polar surface area (TPSA) is 62.1 Å². The van der Waals surface area contributed by atoms with Crippen LogP contribution in [0.25, 0.3) is 10.9 Å². The Balaban J connectivity index is 0.000000730. The lowest BCUT2D eigenvalue weighted by Gasteiger charge is -2.25. The molecular weight excluding hydrogens is 312 g/mol. The molecule has 3 heterocycles. The van der Waals surface area contributed by atoms with E-state index in [4.69, 9.17) is 20.1 Å². The second-order valence-electron chi connectivity index (χ2n) is 6.37. The number of pyridine rings is 1. The Bertz CT molecular complexity index is 685. The molecule has 0 radical (unpaired) electrons. The zero-order valence-corrected chi connectivity index (χ0v) is 17.1. The fourth-order valence-electron chi connectivity index (χ4n) is 2.91. The van der Waals surface area contributed by atoms with Crippen LogP contribution in [0, 0.1) is 0 Å². The summed E-state index contributed by atoms with van der Waals surface area (Å²) in [5.74, 6) is 2.32. The first-order chi connectivity index (χ1) is 12.0. The van der Waals surface area contributed by atoms with Crippen molar-refractivity contribution < 1.29 is 5.11 Å². The van der Waals surface area contributed by atoms with Gasteiger partial charge in [-0.2, -0.15) is 0 Å². The molecule has 1 aliphatic heterocycles. The first-order valence-corrected chi connectivity index (χ1v) is 9.39. The van der Waals surface area contributed by atoms with Gasteiger partial charge in [0.1, 0.15) is 11.6 Å². The zero-order chi connectivity index (χ0) is 19.1. The molecule has 5 heteroatoms. The molecule has 140 valence electrons. The number of aromatic nitrogens is 3. The van der Waals surface area contributed by atoms with Gasteiger partial charge < -0.3 is 10.0 Å². The van der Waals surface area contributed by atoms with Crippen molar-refractivity contribution in [1.82, 2.24) is 15.0 Å². The SMILES string of the molecule is CC.CCc1cc2nc(C(C)C)nc3c2c(n1)CCC(C)N3C.CO. The predicted octanol–water partition coefficient (Wildman–Crippen LogP) is 4.12. The number of aliphatic hydroxyl groups is 1. The van der Waals surface area contributed by atoms with Gasteiger partial charge in [-0.05, 0) is 32.3 Å². The number of nitrogens with zero attached hydrogens (tertiary/aromatic N) is 4. The van der Waals surface area contributed by atoms with Gasteiger partial charge in [0.2, 0.25) is 0 Å². The van der Waals surface area contributed by atoms with Gasteiger partial charge in [-0.3, -0.25) is 4.98 Å². The van der Waals surface area contributed by atoms with E-state index in [-0.39, 0.29) is 0 Å². The fourth-order valence-corrected chi connectivity index (χ4v) is 2.91. The van der Waals surface area contributed by atoms with E-state index in [1.54, 1.807) is 0 Å². The molecule has 0 aromatic carbocycles. The highest BCUT2D eigenvalue weighted by atomic mass is 16.2. The van der Waals surface area contributed by atoms with Crippen LogP contribution in [-0.4, -0.2) is 40.3 Å². The smallest absolute Gasteiger partial charge is 0.142 e. The molecule has 2 aromatic heterocycles. The molecular formula is C20H34N4O. The standard InChI is InChI=1S/C17H24N4.C2H6.CH4O/c1-6-12-9-14-15-13(18-12)8-7-11(4)21(5)17(15)20-16(19-14)10(2)3;2*1-2/h9-11H,6-8H2,1-5H3;1-2H3;2H,1H3. The van der Waals surface area contributed by atoms with Gasteiger partial charge in [0.05, 0.1) is 16.6 Å². The largest absolute Gasteiger partial charge is 0.400 e. The molecule has 0 saturated heterocycles. The molecule has 1 atom stereocenters. The molecule has 0 amide bonds. The third-order valence-corrected chi connectivity index (χ3v) is 4.48. The monoisotopic (exact) mass is 346 g/mol. The van der Waals surface area contributed by atoms with Crippen LogP contribution >= 0.6 is 0 Å². The maximum Gasteiger partial charge on any atom is 0.142 e. The quantitative estimate of drug-likeness (QED) is 0.886. The first kappa shape index (κ1) is 21.3. The van der Waals surface area contributed by atoms with Crippen LogP contribution in [-0.2, 0) is 12.8 Å². The molecule has 3 rings (SSSR count). The highest BCUT2D eigenvalue weighted by Gasteiger charge is 2.24. The summed E-state index contributed by atoms with van der Waals surface area (Å²) in [6.07, 6.45) is 3.07. The van der Waals surface area contributed by atoms with Crippen molar-refractivity contribution in [2.45, 2.75) is 72.8 Å². The minimum atomic E-state index is 0.333. The molecule has 2 aromatic rings. The fraction of sp³-hybridized carbons (Fsp3) is 0.650. The van der Waals surface area contributed by atoms with Gasteiger partial charge in [-0.15, -0.1) is 0 Å². The van der Waals surface area contributed by atoms with Crippen LogP contribution < -0.4 is 4.90 Å². The summed E-state index contributed by atoms with van der Waals surface area (Å²) in [4.78, 5) is 16.8. The maximum absolute atomic E-state index is 7.00. The number of hydrogen-bond acceptors (Lipinski definition) is 5. The highest BCUT2D eigenvalue weighted by molar-refractivity contribution is 5.92. The number of aliphatic hydroxyl groups excluding tert-OH is 1. The lowest BCUT2D eigenvalue weighted by Crippen LogP contribution is -2.29. The molecule has 0 spiro atoms. The Hall–Kier alpha value is -1.75. The van der Waals surface area contributed by atoms with Crippen LogP contribution in [0.4, 0.5) is 5.82 Å². The van der Waals surface area contributed by atoms with Crippen LogP contribution in [0.15, 0.2) is 6.07 Å². The maximum atomic E-state index is 7.00. The van der Waals surface area contributed by atoms with Gasteiger partial charge in [-0.1, -0.05) is 34.6 Å². The molecule has 0 bridgehead atoms. The van der Waals surface area contributed by atoms with Gasteiger partial charge in [0.15, 0.2) is 0 Å². The average Bonchev–Trinajstić information content (AvgIpc) is 2.77. The number of hydrogen-bond donors (Lipinski definition) is 1. The first-order valence-electron chi connectivity index (χ1n) is 9.39. The van der Waals surface area contributed by atoms with E-state index in [0.29, 0.717) is 12.0 Å². The molecule has 5 nitrogen and oxygen atoms in total. The van der Waals surface area contributed by atoms with Crippen molar-refractivity contribution >= 4 is 16.7 Å². The van der Waals surface area contributed by atoms with Gasteiger partial charge >= 0.3 is 0 Å². The summed E-state index contributed by atoms with van der Waals surface area (Å²) < 4.78 is 0. The van der Waals surface area contributed by atoms with E-state index in [2.05, 4.69) is 45.7 Å². The normalized spacial score (nSPS) is 15.9. The minimum Gasteiger partial charge on any atom is -0.400 e. The van der Waals surface area contributed by atoms with Crippen LogP contribution in [0.2, 0.25) is 0 Å². The Morgan fingerprint density at radius 3 is 2.40 bits per heavy atom. The molecule has 0 fully saturated rings. The molecule has 1 aliphatic rings. The van der Waals surface area contributed by atoms with Crippen molar-refractivity contribution in [3.63, 3.8) is 0 Å². The van der Waals surface area contributed by atoms with E-state index < -0.39 is 0 Å². The van der Waals surface area contributed by atoms with E-state index in [1.807, 2.05) is 13.8 Å². The van der Waals surface area contributed by atoms with Crippen LogP contribution in [0.5, 0.6) is 0 Å². The lowest BCUT2D eigenvalue weighted by molar-refractivity contribution is 0.399. The minimum absolute atomic E-state index is 0.333. The Morgan fingerprint density at radius 1 is 1.20 bits per heavy atom. The summed E-state index contributed by atoms with van der Waals surface area (Å²) in [5, 5.41) is 8.16. The third-order valence-electron chi connectivity index (χ3n) is 4.48. The second kappa shape index (κ2) is 9.66. The summed E-state index contributed by atoms with van der Waals surface area (Å²) in [6.45, 7) is 12.7. The van der Waals surface area contributed by atoms with Crippen molar-refractivity contribution in [2.75, 3.05) is 19.1 Å². The predicted molar refractivity (Wildman–Crippen MR) is 106 cm³/mol. The summed E-state index contributed by atoms with van der Waals surface area (Å²) >= 11 is 0. The van der Waals surface area contributed by atoms with Gasteiger partial charge in [0, 0.05) is 31.8 Å². The van der Waals surface area contributed by atoms with Crippen molar-refractivity contribution in [3.05, 3.63) is 23.3 Å². The van der Waals surface area contributed by atoms with E-state index in [1.165, 1.54) is 5.69 Å². The van der Waals surface area contributed by atoms with Crippen molar-refractivity contribution in [1.29, 1.82) is 0 Å². The van der Waals surface area contributed by atoms with Crippen LogP contribution in [0.1, 0.15) is 71.1 Å². The van der Waals surface area contributed by atoms with E-state index in [0.717, 1.165) is 54.6 Å². The molecule has 25 heavy (non-hydrogen) atoms. The average molecular weight is 347 g/mol. The second-order valence-corrected chi connectivity index (χ2v) is 6.37. The van der Waals surface area contributed by atoms with E-state index >= 15 is 0 Å². The Morgan fingerprint density at radius 2 is 1.84 bits per heavy atom. The molecule has 0 aliphatic carbocycles.